The van der Waals surface area contributed by atoms with E-state index in [9.17, 15) is 9.26 Å². The van der Waals surface area contributed by atoms with Crippen molar-refractivity contribution in [3.8, 4) is 0 Å². The van der Waals surface area contributed by atoms with Gasteiger partial charge >= 0.3 is 29.9 Å². The molecule has 0 heterocycles. The van der Waals surface area contributed by atoms with Gasteiger partial charge in [0.2, 0.25) is 0 Å². The van der Waals surface area contributed by atoms with E-state index in [1.165, 1.54) is 28.4 Å². The molecule has 0 amide bonds. The summed E-state index contributed by atoms with van der Waals surface area (Å²) in [5, 5.41) is 0.497. The summed E-state index contributed by atoms with van der Waals surface area (Å²) in [5.41, 5.74) is 0.349. The molecule has 0 aromatic heterocycles. The summed E-state index contributed by atoms with van der Waals surface area (Å²) in [6.07, 6.45) is -0.176. The number of ether oxygens (including phenoxy) is 4. The van der Waals surface area contributed by atoms with Crippen LogP contribution in [-0.2, 0) is 45.9 Å². The first-order valence-electron chi connectivity index (χ1n) is 9.81. The Morgan fingerprint density at radius 1 is 0.935 bits per heavy atom. The molecule has 31 heavy (non-hydrogen) atoms. The van der Waals surface area contributed by atoms with Gasteiger partial charge in [-0.25, -0.2) is 4.79 Å². The van der Waals surface area contributed by atoms with Gasteiger partial charge < -0.3 is 36.7 Å². The molecule has 0 radical (unpaired) electrons. The molecule has 180 valence electrons. The number of esters is 1. The predicted molar refractivity (Wildman–Crippen MR) is 115 cm³/mol. The summed E-state index contributed by atoms with van der Waals surface area (Å²) in [5.74, 6) is -0.427. The summed E-state index contributed by atoms with van der Waals surface area (Å²) < 4.78 is 55.4. The Balaban J connectivity index is 4.94. The molecule has 0 N–H and O–H groups in total. The van der Waals surface area contributed by atoms with Gasteiger partial charge in [-0.3, -0.25) is 4.43 Å². The molecular formula is C19H36O10Si2. The van der Waals surface area contributed by atoms with E-state index < -0.39 is 29.9 Å². The molecule has 0 rings (SSSR count). The maximum Gasteiger partial charge on any atom is 0.534 e. The summed E-state index contributed by atoms with van der Waals surface area (Å²) in [4.78, 5) is 11.4. The number of unbranched alkanes of at least 4 members (excludes halogenated alkanes) is 1. The number of rotatable bonds is 19. The van der Waals surface area contributed by atoms with Crippen LogP contribution in [0.5, 0.6) is 0 Å². The topological polar surface area (TPSA) is 108 Å². The van der Waals surface area contributed by atoms with Crippen LogP contribution in [0.1, 0.15) is 33.1 Å². The molecule has 0 aliphatic heterocycles. The lowest BCUT2D eigenvalue weighted by Gasteiger charge is -2.36. The Morgan fingerprint density at radius 3 is 2.00 bits per heavy atom. The van der Waals surface area contributed by atoms with Crippen LogP contribution >= 0.6 is 0 Å². The first-order chi connectivity index (χ1) is 14.6. The van der Waals surface area contributed by atoms with Gasteiger partial charge in [-0.2, -0.15) is 0 Å². The van der Waals surface area contributed by atoms with Gasteiger partial charge in [0.25, 0.3) is 0 Å². The minimum Gasteiger partial charge on any atom is -0.521 e. The first-order valence-corrected chi connectivity index (χ1v) is 13.1. The second-order valence-corrected chi connectivity index (χ2v) is 11.1. The zero-order valence-corrected chi connectivity index (χ0v) is 21.4. The molecule has 10 nitrogen and oxygen atoms in total. The highest BCUT2D eigenvalue weighted by atomic mass is 28.4. The van der Waals surface area contributed by atoms with Crippen molar-refractivity contribution in [1.29, 1.82) is 0 Å². The molecule has 0 aromatic rings. The largest absolute Gasteiger partial charge is 0.534 e. The maximum atomic E-state index is 11.7. The molecule has 1 atom stereocenters. The standard InChI is InChI=1S/C19H36O10Si2/c1-16(2)18(20)26-12-9-10-14-28-31(25-8,29-19(22-5,23-6)24-7)15-11-13-27-30(21)17(3)4/h1,3,9-15H2,2,4-8H3. The van der Waals surface area contributed by atoms with E-state index in [-0.39, 0.29) is 19.8 Å². The smallest absolute Gasteiger partial charge is 0.521 e. The summed E-state index contributed by atoms with van der Waals surface area (Å²) >= 11 is 0. The zero-order valence-electron chi connectivity index (χ0n) is 19.4. The van der Waals surface area contributed by atoms with Gasteiger partial charge in [-0.15, -0.1) is 0 Å². The molecule has 0 aromatic carbocycles. The van der Waals surface area contributed by atoms with E-state index in [1.54, 1.807) is 13.8 Å². The maximum absolute atomic E-state index is 11.7. The lowest BCUT2D eigenvalue weighted by molar-refractivity contribution is -0.460. The van der Waals surface area contributed by atoms with Crippen molar-refractivity contribution in [2.24, 2.45) is 0 Å². The Kier molecular flexibility index (Phi) is 14.9. The van der Waals surface area contributed by atoms with Gasteiger partial charge in [0, 0.05) is 51.9 Å². The quantitative estimate of drug-likeness (QED) is 0.0899. The van der Waals surface area contributed by atoms with Crippen molar-refractivity contribution in [3.63, 3.8) is 0 Å². The fraction of sp³-hybridized carbons (Fsp3) is 0.737. The number of hydrogen-bond acceptors (Lipinski definition) is 10. The minimum atomic E-state index is -3.36. The van der Waals surface area contributed by atoms with Crippen molar-refractivity contribution >= 4 is 23.7 Å². The highest BCUT2D eigenvalue weighted by Gasteiger charge is 2.50. The van der Waals surface area contributed by atoms with E-state index in [1.807, 2.05) is 0 Å². The molecule has 0 spiro atoms. The Morgan fingerprint density at radius 2 is 1.52 bits per heavy atom. The lowest BCUT2D eigenvalue weighted by atomic mass is 10.3. The average molecular weight is 481 g/mol. The van der Waals surface area contributed by atoms with Crippen LogP contribution in [0.4, 0.5) is 0 Å². The van der Waals surface area contributed by atoms with Crippen molar-refractivity contribution in [2.75, 3.05) is 48.3 Å². The van der Waals surface area contributed by atoms with E-state index in [4.69, 9.17) is 36.7 Å². The highest BCUT2D eigenvalue weighted by Crippen LogP contribution is 2.27. The molecule has 0 fully saturated rings. The summed E-state index contributed by atoms with van der Waals surface area (Å²) in [6.45, 7) is 11.1. The molecule has 1 unspecified atom stereocenters. The van der Waals surface area contributed by atoms with Gasteiger partial charge in [-0.1, -0.05) is 13.2 Å². The highest BCUT2D eigenvalue weighted by molar-refractivity contribution is 6.60. The molecule has 0 aliphatic rings. The van der Waals surface area contributed by atoms with Crippen LogP contribution in [0.25, 0.3) is 0 Å². The van der Waals surface area contributed by atoms with E-state index in [0.29, 0.717) is 36.1 Å². The number of hydrogen-bond donors (Lipinski definition) is 0. The van der Waals surface area contributed by atoms with Crippen LogP contribution in [0.3, 0.4) is 0 Å². The van der Waals surface area contributed by atoms with E-state index in [0.717, 1.165) is 0 Å². The van der Waals surface area contributed by atoms with Crippen molar-refractivity contribution in [3.05, 3.63) is 23.9 Å². The Hall–Kier alpha value is -1.26. The molecule has 0 bridgehead atoms. The Labute approximate surface area is 187 Å². The van der Waals surface area contributed by atoms with E-state index >= 15 is 0 Å². The van der Waals surface area contributed by atoms with E-state index in [2.05, 4.69) is 13.2 Å². The summed E-state index contributed by atoms with van der Waals surface area (Å²) in [7, 11) is -0.103. The van der Waals surface area contributed by atoms with Crippen LogP contribution in [0.15, 0.2) is 23.9 Å². The van der Waals surface area contributed by atoms with Crippen molar-refractivity contribution in [2.45, 2.75) is 45.3 Å². The second kappa shape index (κ2) is 15.5. The third kappa shape index (κ3) is 11.3. The van der Waals surface area contributed by atoms with Crippen molar-refractivity contribution < 1.29 is 45.9 Å². The van der Waals surface area contributed by atoms with Gasteiger partial charge in [0.15, 0.2) is 0 Å². The molecular weight excluding hydrogens is 444 g/mol. The normalized spacial score (nSPS) is 13.4. The van der Waals surface area contributed by atoms with Gasteiger partial charge in [0.1, 0.15) is 0 Å². The number of methoxy groups -OCH3 is 3. The Bertz CT molecular complexity index is 586. The summed E-state index contributed by atoms with van der Waals surface area (Å²) in [6, 6.07) is 0.331. The van der Waals surface area contributed by atoms with Crippen LogP contribution in [0.2, 0.25) is 6.04 Å². The monoisotopic (exact) mass is 480 g/mol. The first kappa shape index (κ1) is 29.7. The average Bonchev–Trinajstić information content (AvgIpc) is 2.76. The second-order valence-electron chi connectivity index (χ2n) is 6.59. The zero-order chi connectivity index (χ0) is 23.9. The SMILES string of the molecule is C=C(C)C(=O)OCCCCO[Si](CCCO[Si](=O)C(=C)C)(OC)OC(OC)(OC)OC. The van der Waals surface area contributed by atoms with Crippen molar-refractivity contribution in [1.82, 2.24) is 0 Å². The fourth-order valence-electron chi connectivity index (χ4n) is 2.22. The third-order valence-electron chi connectivity index (χ3n) is 3.99. The molecule has 0 aliphatic carbocycles. The van der Waals surface area contributed by atoms with Gasteiger partial charge in [0.05, 0.1) is 13.2 Å². The lowest BCUT2D eigenvalue weighted by Crippen LogP contribution is -2.55. The number of allylic oxidation sites excluding steroid dienone is 1. The van der Waals surface area contributed by atoms with Crippen LogP contribution < -0.4 is 0 Å². The minimum absolute atomic E-state index is 0.215. The molecule has 0 saturated carbocycles. The van der Waals surface area contributed by atoms with Crippen LogP contribution in [-0.4, -0.2) is 78.1 Å². The predicted octanol–water partition coefficient (Wildman–Crippen LogP) is 2.50. The molecule has 12 heteroatoms. The fourth-order valence-corrected chi connectivity index (χ4v) is 5.17. The number of carbonyl (C=O) groups excluding carboxylic acids is 1. The van der Waals surface area contributed by atoms with Crippen LogP contribution in [0, 0.1) is 0 Å². The number of carbonyl (C=O) groups is 1. The molecule has 0 saturated heterocycles. The third-order valence-corrected chi connectivity index (χ3v) is 7.95. The van der Waals surface area contributed by atoms with Gasteiger partial charge in [-0.05, 0) is 33.1 Å².